The smallest absolute Gasteiger partial charge is 0.243 e. The van der Waals surface area contributed by atoms with Gasteiger partial charge in [0.05, 0.1) is 11.9 Å². The molecule has 2 amide bonds. The van der Waals surface area contributed by atoms with Crippen LogP contribution in [0.2, 0.25) is 0 Å². The predicted molar refractivity (Wildman–Crippen MR) is 146 cm³/mol. The van der Waals surface area contributed by atoms with Crippen LogP contribution in [0.4, 0.5) is 5.69 Å². The number of amides is 2. The Labute approximate surface area is 216 Å². The number of hydrogen-bond donors (Lipinski definition) is 1. The van der Waals surface area contributed by atoms with Crippen LogP contribution in [0.3, 0.4) is 0 Å². The van der Waals surface area contributed by atoms with Gasteiger partial charge in [-0.1, -0.05) is 43.3 Å². The molecule has 0 saturated heterocycles. The molecule has 1 atom stereocenters. The maximum Gasteiger partial charge on any atom is 0.243 e. The number of aryl methyl sites for hydroxylation is 2. The molecule has 0 heterocycles. The fourth-order valence-corrected chi connectivity index (χ4v) is 4.99. The predicted octanol–water partition coefficient (Wildman–Crippen LogP) is 4.57. The Balaban J connectivity index is 2.22. The zero-order chi connectivity index (χ0) is 27.1. The second-order valence-corrected chi connectivity index (χ2v) is 12.3. The molecule has 0 radical (unpaired) electrons. The van der Waals surface area contributed by atoms with Crippen molar-refractivity contribution in [1.29, 1.82) is 0 Å². The number of anilines is 1. The first-order valence-electron chi connectivity index (χ1n) is 12.4. The quantitative estimate of drug-likeness (QED) is 0.475. The third-order valence-electron chi connectivity index (χ3n) is 6.01. The van der Waals surface area contributed by atoms with Crippen molar-refractivity contribution in [3.05, 3.63) is 65.2 Å². The van der Waals surface area contributed by atoms with Crippen LogP contribution in [-0.4, -0.2) is 49.5 Å². The van der Waals surface area contributed by atoms with Crippen molar-refractivity contribution in [2.45, 2.75) is 78.9 Å². The summed E-state index contributed by atoms with van der Waals surface area (Å²) in [5, 5.41) is 3.00. The zero-order valence-electron chi connectivity index (χ0n) is 22.7. The van der Waals surface area contributed by atoms with E-state index in [2.05, 4.69) is 5.32 Å². The average Bonchev–Trinajstić information content (AvgIpc) is 2.77. The molecule has 0 saturated carbocycles. The highest BCUT2D eigenvalue weighted by Crippen LogP contribution is 2.22. The van der Waals surface area contributed by atoms with E-state index >= 15 is 0 Å². The first-order valence-corrected chi connectivity index (χ1v) is 14.3. The van der Waals surface area contributed by atoms with E-state index in [0.717, 1.165) is 16.7 Å². The lowest BCUT2D eigenvalue weighted by Crippen LogP contribution is -2.53. The van der Waals surface area contributed by atoms with Gasteiger partial charge in [-0.05, 0) is 76.3 Å². The summed E-state index contributed by atoms with van der Waals surface area (Å²) in [4.78, 5) is 28.2. The van der Waals surface area contributed by atoms with Crippen molar-refractivity contribution in [3.8, 4) is 0 Å². The molecule has 2 aromatic carbocycles. The molecule has 2 rings (SSSR count). The number of rotatable bonds is 11. The van der Waals surface area contributed by atoms with Crippen LogP contribution in [-0.2, 0) is 26.2 Å². The number of hydrogen-bond acceptors (Lipinski definition) is 4. The Morgan fingerprint density at radius 2 is 1.64 bits per heavy atom. The van der Waals surface area contributed by atoms with E-state index in [-0.39, 0.29) is 24.8 Å². The highest BCUT2D eigenvalue weighted by molar-refractivity contribution is 7.92. The summed E-state index contributed by atoms with van der Waals surface area (Å²) in [7, 11) is -3.52. The van der Waals surface area contributed by atoms with Crippen LogP contribution < -0.4 is 9.62 Å². The second-order valence-electron chi connectivity index (χ2n) is 10.4. The standard InChI is InChI=1S/C28H41N3O4S/c1-8-25(27(33)29-28(4,5)6)30(20-23-13-10-9-11-14-23)26(32)15-12-18-31(36(7,34)35)24-17-16-21(2)22(3)19-24/h9-11,13-14,16-17,19,25H,8,12,15,18,20H2,1-7H3,(H,29,33)/t25-/m0/s1. The molecule has 0 aromatic heterocycles. The summed E-state index contributed by atoms with van der Waals surface area (Å²) < 4.78 is 26.4. The molecular formula is C28H41N3O4S. The molecule has 198 valence electrons. The van der Waals surface area contributed by atoms with Gasteiger partial charge in [0.2, 0.25) is 21.8 Å². The van der Waals surface area contributed by atoms with Gasteiger partial charge in [0.1, 0.15) is 6.04 Å². The van der Waals surface area contributed by atoms with Gasteiger partial charge in [-0.3, -0.25) is 13.9 Å². The van der Waals surface area contributed by atoms with Crippen molar-refractivity contribution < 1.29 is 18.0 Å². The van der Waals surface area contributed by atoms with E-state index < -0.39 is 21.6 Å². The molecule has 2 aromatic rings. The highest BCUT2D eigenvalue weighted by atomic mass is 32.2. The molecule has 7 nitrogen and oxygen atoms in total. The molecule has 0 unspecified atom stereocenters. The minimum atomic E-state index is -3.52. The fourth-order valence-electron chi connectivity index (χ4n) is 4.04. The largest absolute Gasteiger partial charge is 0.350 e. The lowest BCUT2D eigenvalue weighted by Gasteiger charge is -2.33. The fraction of sp³-hybridized carbons (Fsp3) is 0.500. The Morgan fingerprint density at radius 3 is 2.17 bits per heavy atom. The molecule has 0 aliphatic rings. The Morgan fingerprint density at radius 1 is 1.00 bits per heavy atom. The summed E-state index contributed by atoms with van der Waals surface area (Å²) in [6.45, 7) is 12.0. The summed E-state index contributed by atoms with van der Waals surface area (Å²) in [6.07, 6.45) is 2.11. The van der Waals surface area contributed by atoms with E-state index in [9.17, 15) is 18.0 Å². The van der Waals surface area contributed by atoms with Crippen LogP contribution in [0.1, 0.15) is 63.6 Å². The molecule has 0 bridgehead atoms. The van der Waals surface area contributed by atoms with Crippen LogP contribution in [0, 0.1) is 13.8 Å². The number of nitrogens with zero attached hydrogens (tertiary/aromatic N) is 2. The van der Waals surface area contributed by atoms with Crippen molar-refractivity contribution >= 4 is 27.5 Å². The van der Waals surface area contributed by atoms with E-state index in [1.165, 1.54) is 10.6 Å². The van der Waals surface area contributed by atoms with Gasteiger partial charge in [-0.25, -0.2) is 8.42 Å². The summed E-state index contributed by atoms with van der Waals surface area (Å²) >= 11 is 0. The van der Waals surface area contributed by atoms with Gasteiger partial charge in [-0.15, -0.1) is 0 Å². The minimum absolute atomic E-state index is 0.128. The number of carbonyl (C=O) groups is 2. The number of benzene rings is 2. The molecule has 0 aliphatic heterocycles. The van der Waals surface area contributed by atoms with Crippen molar-refractivity contribution in [1.82, 2.24) is 10.2 Å². The Bertz CT molecular complexity index is 1140. The van der Waals surface area contributed by atoms with Gasteiger partial charge >= 0.3 is 0 Å². The second kappa shape index (κ2) is 12.4. The van der Waals surface area contributed by atoms with Gasteiger partial charge in [0, 0.05) is 25.0 Å². The van der Waals surface area contributed by atoms with Gasteiger partial charge < -0.3 is 10.2 Å². The topological polar surface area (TPSA) is 86.8 Å². The van der Waals surface area contributed by atoms with Gasteiger partial charge in [-0.2, -0.15) is 0 Å². The van der Waals surface area contributed by atoms with E-state index in [1.807, 2.05) is 84.0 Å². The molecule has 8 heteroatoms. The molecule has 1 N–H and O–H groups in total. The molecule has 0 spiro atoms. The van der Waals surface area contributed by atoms with E-state index in [4.69, 9.17) is 0 Å². The van der Waals surface area contributed by atoms with Crippen LogP contribution >= 0.6 is 0 Å². The third-order valence-corrected chi connectivity index (χ3v) is 7.20. The maximum atomic E-state index is 13.5. The number of sulfonamides is 1. The van der Waals surface area contributed by atoms with Crippen molar-refractivity contribution in [2.75, 3.05) is 17.1 Å². The van der Waals surface area contributed by atoms with Gasteiger partial charge in [0.15, 0.2) is 0 Å². The summed E-state index contributed by atoms with van der Waals surface area (Å²) in [5.41, 5.74) is 3.18. The van der Waals surface area contributed by atoms with Gasteiger partial charge in [0.25, 0.3) is 0 Å². The Kier molecular flexibility index (Phi) is 10.1. The minimum Gasteiger partial charge on any atom is -0.350 e. The van der Waals surface area contributed by atoms with Crippen LogP contribution in [0.25, 0.3) is 0 Å². The summed E-state index contributed by atoms with van der Waals surface area (Å²) in [5.74, 6) is -0.370. The molecular weight excluding hydrogens is 474 g/mol. The number of nitrogens with one attached hydrogen (secondary N) is 1. The molecule has 36 heavy (non-hydrogen) atoms. The van der Waals surface area contributed by atoms with Crippen molar-refractivity contribution in [2.24, 2.45) is 0 Å². The SMILES string of the molecule is CC[C@@H](C(=O)NC(C)(C)C)N(Cc1ccccc1)C(=O)CCCN(c1ccc(C)c(C)c1)S(C)(=O)=O. The number of carbonyl (C=O) groups excluding carboxylic acids is 2. The first-order chi connectivity index (χ1) is 16.7. The van der Waals surface area contributed by atoms with Crippen molar-refractivity contribution in [3.63, 3.8) is 0 Å². The summed E-state index contributed by atoms with van der Waals surface area (Å²) in [6, 6.07) is 14.5. The maximum absolute atomic E-state index is 13.5. The molecule has 0 fully saturated rings. The normalized spacial score (nSPS) is 12.6. The molecule has 0 aliphatic carbocycles. The van der Waals surface area contributed by atoms with E-state index in [0.29, 0.717) is 25.1 Å². The lowest BCUT2D eigenvalue weighted by molar-refractivity contribution is -0.142. The monoisotopic (exact) mass is 515 g/mol. The lowest BCUT2D eigenvalue weighted by atomic mass is 10.0. The zero-order valence-corrected chi connectivity index (χ0v) is 23.5. The van der Waals surface area contributed by atoms with E-state index in [1.54, 1.807) is 11.0 Å². The van der Waals surface area contributed by atoms with Crippen LogP contribution in [0.5, 0.6) is 0 Å². The van der Waals surface area contributed by atoms with Crippen LogP contribution in [0.15, 0.2) is 48.5 Å². The first kappa shape index (κ1) is 29.4. The Hall–Kier alpha value is -2.87. The highest BCUT2D eigenvalue weighted by Gasteiger charge is 2.30. The third kappa shape index (κ3) is 8.66. The average molecular weight is 516 g/mol.